The number of halogens is 5. The summed E-state index contributed by atoms with van der Waals surface area (Å²) in [5.74, 6) is -7.56. The van der Waals surface area contributed by atoms with Gasteiger partial charge in [-0.05, 0) is 71.7 Å². The predicted molar refractivity (Wildman–Crippen MR) is 198 cm³/mol. The molecule has 4 aromatic rings. The number of hydrogen-bond donors (Lipinski definition) is 2. The van der Waals surface area contributed by atoms with Crippen LogP contribution in [-0.4, -0.2) is 57.8 Å². The summed E-state index contributed by atoms with van der Waals surface area (Å²) in [4.78, 5) is 64.5. The predicted octanol–water partition coefficient (Wildman–Crippen LogP) is 7.38. The number of amides is 4. The Hall–Kier alpha value is -5.12. The second-order valence-corrected chi connectivity index (χ2v) is 15.9. The van der Waals surface area contributed by atoms with Crippen LogP contribution in [0.2, 0.25) is 10.0 Å². The van der Waals surface area contributed by atoms with Gasteiger partial charge in [0.25, 0.3) is 11.8 Å². The number of aromatic nitrogens is 1. The van der Waals surface area contributed by atoms with Gasteiger partial charge < -0.3 is 14.6 Å². The number of hydrazine groups is 1. The van der Waals surface area contributed by atoms with E-state index in [0.29, 0.717) is 39.0 Å². The van der Waals surface area contributed by atoms with Crippen molar-refractivity contribution >= 4 is 64.0 Å². The number of benzene rings is 2. The van der Waals surface area contributed by atoms with Crippen LogP contribution in [0.3, 0.4) is 0 Å². The van der Waals surface area contributed by atoms with Crippen LogP contribution >= 0.6 is 34.5 Å². The van der Waals surface area contributed by atoms with Crippen molar-refractivity contribution in [3.8, 4) is 17.2 Å². The molecule has 0 bridgehead atoms. The van der Waals surface area contributed by atoms with Gasteiger partial charge in [0.15, 0.2) is 17.3 Å². The molecule has 290 valence electrons. The van der Waals surface area contributed by atoms with Gasteiger partial charge in [-0.3, -0.25) is 29.5 Å². The zero-order valence-corrected chi connectivity index (χ0v) is 31.8. The van der Waals surface area contributed by atoms with Crippen molar-refractivity contribution < 1.29 is 46.9 Å². The Balaban J connectivity index is 1.33. The summed E-state index contributed by atoms with van der Waals surface area (Å²) < 4.78 is 51.6. The normalized spacial score (nSPS) is 25.8. The molecule has 2 saturated heterocycles. The summed E-state index contributed by atoms with van der Waals surface area (Å²) in [6.07, 6.45) is -2.26. The fraction of sp³-hybridized carbons (Fsp3) is 0.308. The number of pyridine rings is 1. The van der Waals surface area contributed by atoms with Gasteiger partial charge in [0, 0.05) is 22.0 Å². The molecular formula is C39H31Cl2F3N4O7S. The fourth-order valence-electron chi connectivity index (χ4n) is 9.02. The Morgan fingerprint density at radius 2 is 1.68 bits per heavy atom. The summed E-state index contributed by atoms with van der Waals surface area (Å²) in [6.45, 7) is 0.0916. The molecule has 2 N–H and O–H groups in total. The molecule has 2 aromatic carbocycles. The Kier molecular flexibility index (Phi) is 9.32. The van der Waals surface area contributed by atoms with E-state index in [2.05, 4.69) is 10.4 Å². The largest absolute Gasteiger partial charge is 0.502 e. The lowest BCUT2D eigenvalue weighted by Gasteiger charge is -2.50. The van der Waals surface area contributed by atoms with Crippen molar-refractivity contribution in [3.05, 3.63) is 109 Å². The molecule has 11 nitrogen and oxygen atoms in total. The first-order chi connectivity index (χ1) is 26.7. The lowest BCUT2D eigenvalue weighted by molar-refractivity contribution is -0.142. The van der Waals surface area contributed by atoms with Crippen molar-refractivity contribution in [1.82, 2.24) is 14.9 Å². The number of thiophene rings is 1. The molecular weight excluding hydrogens is 796 g/mol. The molecule has 17 heteroatoms. The first kappa shape index (κ1) is 37.8. The van der Waals surface area contributed by atoms with Crippen molar-refractivity contribution in [2.45, 2.75) is 36.9 Å². The third-order valence-corrected chi connectivity index (χ3v) is 12.8. The molecule has 0 radical (unpaired) electrons. The van der Waals surface area contributed by atoms with E-state index in [-0.39, 0.29) is 48.4 Å². The second kappa shape index (κ2) is 13.8. The van der Waals surface area contributed by atoms with Crippen LogP contribution in [0, 0.1) is 23.7 Å². The molecule has 1 saturated carbocycles. The molecule has 2 aromatic heterocycles. The summed E-state index contributed by atoms with van der Waals surface area (Å²) in [6, 6.07) is 13.7. The quantitative estimate of drug-likeness (QED) is 0.138. The highest BCUT2D eigenvalue weighted by molar-refractivity contribution is 7.09. The molecule has 3 fully saturated rings. The maximum atomic E-state index is 15.4. The van der Waals surface area contributed by atoms with Crippen molar-refractivity contribution in [3.63, 3.8) is 0 Å². The molecule has 4 heterocycles. The number of hydrogen-bond acceptors (Lipinski definition) is 10. The number of phenolic OH excluding ortho intramolecular Hbond substituents is 1. The van der Waals surface area contributed by atoms with Crippen molar-refractivity contribution in [1.29, 1.82) is 0 Å². The van der Waals surface area contributed by atoms with E-state index in [1.54, 1.807) is 24.3 Å². The number of anilines is 1. The number of alkyl halides is 3. The van der Waals surface area contributed by atoms with Crippen LogP contribution in [-0.2, 0) is 37.3 Å². The third kappa shape index (κ3) is 5.73. The van der Waals surface area contributed by atoms with Crippen LogP contribution in [0.4, 0.5) is 19.0 Å². The van der Waals surface area contributed by atoms with E-state index in [0.717, 1.165) is 4.88 Å². The average molecular weight is 828 g/mol. The third-order valence-electron chi connectivity index (χ3n) is 11.4. The van der Waals surface area contributed by atoms with Gasteiger partial charge in [-0.1, -0.05) is 53.1 Å². The van der Waals surface area contributed by atoms with Crippen molar-refractivity contribution in [2.24, 2.45) is 23.7 Å². The number of ether oxygens (including phenoxy) is 2. The Morgan fingerprint density at radius 1 is 0.982 bits per heavy atom. The zero-order valence-electron chi connectivity index (χ0n) is 29.5. The molecule has 6 atom stereocenters. The molecule has 4 amide bonds. The summed E-state index contributed by atoms with van der Waals surface area (Å²) in [5.41, 5.74) is 1.04. The smallest absolute Gasteiger partial charge is 0.417 e. The van der Waals surface area contributed by atoms with E-state index in [1.807, 2.05) is 23.6 Å². The summed E-state index contributed by atoms with van der Waals surface area (Å²) in [7, 11) is 2.68. The molecule has 0 spiro atoms. The highest BCUT2D eigenvalue weighted by Gasteiger charge is 2.70. The Labute approximate surface area is 331 Å². The van der Waals surface area contributed by atoms with Gasteiger partial charge in [0.1, 0.15) is 0 Å². The molecule has 56 heavy (non-hydrogen) atoms. The van der Waals surface area contributed by atoms with E-state index in [4.69, 9.17) is 32.7 Å². The topological polar surface area (TPSA) is 138 Å². The molecule has 8 rings (SSSR count). The number of methoxy groups -OCH3 is 2. The first-order valence-electron chi connectivity index (χ1n) is 17.4. The minimum absolute atomic E-state index is 0.000277. The number of nitrogens with one attached hydrogen (secondary N) is 1. The van der Waals surface area contributed by atoms with Crippen LogP contribution in [0.25, 0.3) is 0 Å². The molecule has 0 unspecified atom stereocenters. The maximum Gasteiger partial charge on any atom is 0.417 e. The van der Waals surface area contributed by atoms with E-state index >= 15 is 4.79 Å². The number of nitrogens with zero attached hydrogens (tertiary/aromatic N) is 3. The van der Waals surface area contributed by atoms with Gasteiger partial charge in [0.05, 0.1) is 54.5 Å². The SMILES string of the molecule is COc1cc([C@H]2C3=CC[C@@H]4C(=O)N(Cc5cccs5)C(=O)[C@@H]4[C@@H]3C[C@H]3C(=O)N(Nc4ncc(C(F)(F)F)cc4Cl)C(=O)[C@@]23c2ccc(Cl)cc2)cc(OC)c1O. The number of phenols is 1. The van der Waals surface area contributed by atoms with E-state index in [9.17, 15) is 32.7 Å². The minimum Gasteiger partial charge on any atom is -0.502 e. The summed E-state index contributed by atoms with van der Waals surface area (Å²) >= 11 is 14.0. The average Bonchev–Trinajstić information content (AvgIpc) is 3.84. The number of carbonyl (C=O) groups is 4. The van der Waals surface area contributed by atoms with Gasteiger partial charge in [0.2, 0.25) is 17.6 Å². The van der Waals surface area contributed by atoms with Crippen LogP contribution in [0.15, 0.2) is 77.8 Å². The monoisotopic (exact) mass is 826 g/mol. The van der Waals surface area contributed by atoms with Gasteiger partial charge in [-0.2, -0.15) is 18.2 Å². The number of rotatable bonds is 8. The molecule has 4 aliphatic rings. The number of carbonyl (C=O) groups excluding carboxylic acids is 4. The Morgan fingerprint density at radius 3 is 2.29 bits per heavy atom. The number of fused-ring (bicyclic) bond motifs is 4. The second-order valence-electron chi connectivity index (χ2n) is 14.0. The molecule has 2 aliphatic carbocycles. The van der Waals surface area contributed by atoms with Crippen molar-refractivity contribution in [2.75, 3.05) is 19.6 Å². The number of allylic oxidation sites excluding steroid dienone is 2. The maximum absolute atomic E-state index is 15.4. The van der Waals surface area contributed by atoms with Crippen LogP contribution in [0.5, 0.6) is 17.2 Å². The highest BCUT2D eigenvalue weighted by Crippen LogP contribution is 2.65. The standard InChI is InChI=1S/C39H31Cl2F3N4O7S/c1-54-28-12-18(13-29(55-2)32(28)49)31-23-9-10-24-30(36(52)47(34(24)50)17-22-4-3-11-56-22)25(23)15-26-35(51)48(37(53)38(26,31)19-5-7-21(40)8-6-19)46-33-27(41)14-20(16-45-33)39(42,43)44/h3-9,11-14,16,24-26,30-31,49H,10,15,17H2,1-2H3,(H,45,46)/t24-,25+,26-,30-,31-,38+/m0/s1. The van der Waals surface area contributed by atoms with E-state index < -0.39 is 69.5 Å². The minimum atomic E-state index is -4.76. The number of imide groups is 2. The number of aromatic hydroxyl groups is 1. The van der Waals surface area contributed by atoms with Gasteiger partial charge in [-0.25, -0.2) is 4.98 Å². The first-order valence-corrected chi connectivity index (χ1v) is 19.0. The Bertz CT molecular complexity index is 2300. The zero-order chi connectivity index (χ0) is 39.8. The van der Waals surface area contributed by atoms with E-state index in [1.165, 1.54) is 42.6 Å². The lowest BCUT2D eigenvalue weighted by Crippen LogP contribution is -2.53. The highest BCUT2D eigenvalue weighted by atomic mass is 35.5. The number of likely N-dealkylation sites (tertiary alicyclic amines) is 1. The fourth-order valence-corrected chi connectivity index (χ4v) is 10.0. The molecule has 2 aliphatic heterocycles. The van der Waals surface area contributed by atoms with Crippen LogP contribution < -0.4 is 14.9 Å². The van der Waals surface area contributed by atoms with Gasteiger partial charge in [-0.15, -0.1) is 11.3 Å². The summed E-state index contributed by atoms with van der Waals surface area (Å²) in [5, 5.41) is 13.4. The lowest BCUT2D eigenvalue weighted by atomic mass is 9.49. The van der Waals surface area contributed by atoms with Gasteiger partial charge >= 0.3 is 6.18 Å². The van der Waals surface area contributed by atoms with Crippen LogP contribution in [0.1, 0.15) is 40.3 Å².